The average Bonchev–Trinajstić information content (AvgIpc) is 2.50. The lowest BCUT2D eigenvalue weighted by Gasteiger charge is -1.85. The van der Waals surface area contributed by atoms with Gasteiger partial charge in [0.25, 0.3) is 0 Å². The van der Waals surface area contributed by atoms with Crippen LogP contribution in [-0.2, 0) is 0 Å². The third kappa shape index (κ3) is 10.3. The fourth-order valence-electron chi connectivity index (χ4n) is 1.04. The molecule has 0 aliphatic rings. The predicted octanol–water partition coefficient (Wildman–Crippen LogP) is 4.96. The van der Waals surface area contributed by atoms with Crippen LogP contribution in [0.25, 0.3) is 6.08 Å². The lowest BCUT2D eigenvalue weighted by Crippen LogP contribution is -1.79. The van der Waals surface area contributed by atoms with Crippen molar-refractivity contribution < 1.29 is 0 Å². The summed E-state index contributed by atoms with van der Waals surface area (Å²) in [7, 11) is 0. The molecular weight excluding hydrogens is 230 g/mol. The molecule has 0 bridgehead atoms. The number of anilines is 1. The molecule has 0 atom stereocenters. The van der Waals surface area contributed by atoms with E-state index in [0.29, 0.717) is 0 Å². The quantitative estimate of drug-likeness (QED) is 0.592. The number of hydrogen-bond donors (Lipinski definition) is 1. The van der Waals surface area contributed by atoms with Gasteiger partial charge in [-0.05, 0) is 17.7 Å². The normalized spacial score (nSPS) is 7.79. The summed E-state index contributed by atoms with van der Waals surface area (Å²) in [5.41, 5.74) is 7.35. The molecule has 98 valence electrons. The van der Waals surface area contributed by atoms with Crippen LogP contribution in [0.15, 0.2) is 92.6 Å². The second kappa shape index (κ2) is 11.9. The van der Waals surface area contributed by atoms with Crippen LogP contribution in [0.4, 0.5) is 5.69 Å². The number of nitrogens with two attached hydrogens (primary N) is 1. The van der Waals surface area contributed by atoms with Crippen molar-refractivity contribution in [3.63, 3.8) is 0 Å². The van der Waals surface area contributed by atoms with Crippen molar-refractivity contribution in [2.45, 2.75) is 0 Å². The first kappa shape index (κ1) is 16.5. The highest BCUT2D eigenvalue weighted by Gasteiger charge is 1.75. The first-order valence-corrected chi connectivity index (χ1v) is 5.96. The van der Waals surface area contributed by atoms with Crippen LogP contribution in [0.5, 0.6) is 0 Å². The molecule has 19 heavy (non-hydrogen) atoms. The Kier molecular flexibility index (Phi) is 10.3. The minimum atomic E-state index is 0.822. The van der Waals surface area contributed by atoms with Gasteiger partial charge in [-0.25, -0.2) is 0 Å². The van der Waals surface area contributed by atoms with Gasteiger partial charge in [-0.1, -0.05) is 86.5 Å². The summed E-state index contributed by atoms with van der Waals surface area (Å²) in [6.45, 7) is 10.4. The van der Waals surface area contributed by atoms with Gasteiger partial charge in [0, 0.05) is 5.69 Å². The van der Waals surface area contributed by atoms with E-state index in [2.05, 4.69) is 19.7 Å². The molecule has 1 heteroatoms. The second-order valence-corrected chi connectivity index (χ2v) is 3.50. The summed E-state index contributed by atoms with van der Waals surface area (Å²) in [6.07, 6.45) is 5.11. The zero-order valence-corrected chi connectivity index (χ0v) is 11.2. The van der Waals surface area contributed by atoms with Gasteiger partial charge in [-0.15, -0.1) is 0 Å². The number of para-hydroxylation sites is 1. The molecular formula is C18H21N. The fraction of sp³-hybridized carbons (Fsp3) is 0. The molecule has 0 unspecified atom stereocenters. The van der Waals surface area contributed by atoms with Crippen LogP contribution < -0.4 is 5.73 Å². The Bertz CT molecular complexity index is 452. The van der Waals surface area contributed by atoms with Crippen LogP contribution in [0.2, 0.25) is 0 Å². The molecule has 0 radical (unpaired) electrons. The van der Waals surface area contributed by atoms with Crippen LogP contribution in [0.1, 0.15) is 5.56 Å². The Hall–Kier alpha value is -2.54. The van der Waals surface area contributed by atoms with Gasteiger partial charge in [0.15, 0.2) is 0 Å². The molecule has 0 spiro atoms. The molecule has 2 aromatic rings. The maximum atomic E-state index is 5.36. The molecule has 2 aromatic carbocycles. The number of nitrogen functional groups attached to an aromatic ring is 1. The molecule has 0 amide bonds. The van der Waals surface area contributed by atoms with Crippen molar-refractivity contribution in [1.82, 2.24) is 0 Å². The topological polar surface area (TPSA) is 26.0 Å². The molecule has 0 aliphatic carbocycles. The molecule has 0 saturated carbocycles. The van der Waals surface area contributed by atoms with E-state index in [4.69, 9.17) is 5.73 Å². The number of benzene rings is 2. The highest BCUT2D eigenvalue weighted by atomic mass is 14.5. The number of hydrogen-bond acceptors (Lipinski definition) is 1. The maximum Gasteiger partial charge on any atom is 0.0313 e. The van der Waals surface area contributed by atoms with E-state index in [1.165, 1.54) is 5.56 Å². The van der Waals surface area contributed by atoms with Gasteiger partial charge < -0.3 is 5.73 Å². The van der Waals surface area contributed by atoms with Crippen LogP contribution >= 0.6 is 0 Å². The van der Waals surface area contributed by atoms with E-state index < -0.39 is 0 Å². The van der Waals surface area contributed by atoms with Gasteiger partial charge in [0.05, 0.1) is 0 Å². The van der Waals surface area contributed by atoms with E-state index in [1.54, 1.807) is 12.2 Å². The molecule has 2 rings (SSSR count). The molecule has 0 aromatic heterocycles. The molecule has 2 N–H and O–H groups in total. The van der Waals surface area contributed by atoms with Gasteiger partial charge in [0.1, 0.15) is 0 Å². The third-order valence-electron chi connectivity index (χ3n) is 2.00. The Balaban J connectivity index is 0.000000272. The van der Waals surface area contributed by atoms with Crippen LogP contribution in [0.3, 0.4) is 0 Å². The van der Waals surface area contributed by atoms with Crippen molar-refractivity contribution in [1.29, 1.82) is 0 Å². The van der Waals surface area contributed by atoms with Gasteiger partial charge >= 0.3 is 0 Å². The summed E-state index contributed by atoms with van der Waals surface area (Å²) < 4.78 is 0. The Morgan fingerprint density at radius 1 is 0.684 bits per heavy atom. The second-order valence-electron chi connectivity index (χ2n) is 3.50. The summed E-state index contributed by atoms with van der Waals surface area (Å²) in [5.74, 6) is 0. The highest BCUT2D eigenvalue weighted by molar-refractivity contribution is 5.45. The zero-order chi connectivity index (χ0) is 14.3. The molecule has 0 saturated heterocycles. The maximum absolute atomic E-state index is 5.36. The molecule has 0 heterocycles. The molecule has 1 nitrogen and oxygen atoms in total. The van der Waals surface area contributed by atoms with E-state index in [0.717, 1.165) is 5.69 Å². The first-order valence-electron chi connectivity index (χ1n) is 5.96. The lowest BCUT2D eigenvalue weighted by atomic mass is 10.2. The van der Waals surface area contributed by atoms with Crippen LogP contribution in [0, 0.1) is 0 Å². The minimum absolute atomic E-state index is 0.822. The van der Waals surface area contributed by atoms with Gasteiger partial charge in [-0.3, -0.25) is 0 Å². The predicted molar refractivity (Wildman–Crippen MR) is 87.8 cm³/mol. The summed E-state index contributed by atoms with van der Waals surface area (Å²) in [4.78, 5) is 0. The molecule has 0 aliphatic heterocycles. The Morgan fingerprint density at radius 2 is 1.11 bits per heavy atom. The smallest absolute Gasteiger partial charge is 0.0313 e. The lowest BCUT2D eigenvalue weighted by molar-refractivity contribution is 1.67. The Morgan fingerprint density at radius 3 is 1.32 bits per heavy atom. The van der Waals surface area contributed by atoms with Crippen molar-refractivity contribution in [2.24, 2.45) is 0 Å². The average molecular weight is 251 g/mol. The fourth-order valence-corrected chi connectivity index (χ4v) is 1.04. The number of rotatable bonds is 2. The highest BCUT2D eigenvalue weighted by Crippen LogP contribution is 1.97. The largest absolute Gasteiger partial charge is 0.399 e. The summed E-state index contributed by atoms with van der Waals surface area (Å²) in [5, 5.41) is 0. The summed E-state index contributed by atoms with van der Waals surface area (Å²) in [6, 6.07) is 19.5. The van der Waals surface area contributed by atoms with E-state index in [9.17, 15) is 0 Å². The number of allylic oxidation sites excluding steroid dienone is 2. The van der Waals surface area contributed by atoms with Crippen molar-refractivity contribution in [3.8, 4) is 0 Å². The SMILES string of the molecule is C=CC=C.C=Cc1ccccc1.Nc1ccccc1. The van der Waals surface area contributed by atoms with E-state index in [1.807, 2.05) is 66.7 Å². The van der Waals surface area contributed by atoms with Crippen molar-refractivity contribution in [2.75, 3.05) is 5.73 Å². The Labute approximate surface area is 116 Å². The molecule has 0 fully saturated rings. The van der Waals surface area contributed by atoms with E-state index in [-0.39, 0.29) is 0 Å². The monoisotopic (exact) mass is 251 g/mol. The van der Waals surface area contributed by atoms with Crippen LogP contribution in [-0.4, -0.2) is 0 Å². The van der Waals surface area contributed by atoms with Gasteiger partial charge in [-0.2, -0.15) is 0 Å². The standard InChI is InChI=1S/C8H8.C6H7N.C4H6/c1-2-8-6-4-3-5-7-8;7-6-4-2-1-3-5-6;1-3-4-2/h2-7H,1H2;1-5H,7H2;3-4H,1-2H2. The first-order chi connectivity index (χ1) is 9.24. The van der Waals surface area contributed by atoms with Crippen molar-refractivity contribution >= 4 is 11.8 Å². The summed E-state index contributed by atoms with van der Waals surface area (Å²) >= 11 is 0. The van der Waals surface area contributed by atoms with Gasteiger partial charge in [0.2, 0.25) is 0 Å². The minimum Gasteiger partial charge on any atom is -0.399 e. The van der Waals surface area contributed by atoms with E-state index >= 15 is 0 Å². The zero-order valence-electron chi connectivity index (χ0n) is 11.2. The third-order valence-corrected chi connectivity index (χ3v) is 2.00. The van der Waals surface area contributed by atoms with Crippen molar-refractivity contribution in [3.05, 3.63) is 98.1 Å².